The van der Waals surface area contributed by atoms with E-state index in [1.165, 1.54) is 7.11 Å². The van der Waals surface area contributed by atoms with E-state index < -0.39 is 0 Å². The van der Waals surface area contributed by atoms with Gasteiger partial charge in [-0.05, 0) is 62.4 Å². The molecule has 2 aromatic carbocycles. The average Bonchev–Trinajstić information content (AvgIpc) is 2.70. The maximum atomic E-state index is 12.4. The standard InChI is InChI=1S/C22H23N3O3/c1-15(2)28-18-11-8-16(9-12-18)24-17-10-13-21(23-14-17)25-22(26)19-6-4-5-7-20(19)27-3/h4-15,24H,1-3H3,(H,23,25,26). The van der Waals surface area contributed by atoms with Crippen molar-refractivity contribution in [1.82, 2.24) is 4.98 Å². The lowest BCUT2D eigenvalue weighted by Crippen LogP contribution is -2.14. The maximum absolute atomic E-state index is 12.4. The van der Waals surface area contributed by atoms with Crippen LogP contribution in [0.15, 0.2) is 66.9 Å². The summed E-state index contributed by atoms with van der Waals surface area (Å²) in [4.78, 5) is 16.7. The minimum atomic E-state index is -0.272. The van der Waals surface area contributed by atoms with Gasteiger partial charge in [0.25, 0.3) is 5.91 Å². The van der Waals surface area contributed by atoms with Gasteiger partial charge in [0.05, 0.1) is 30.7 Å². The molecule has 3 aromatic rings. The van der Waals surface area contributed by atoms with Crippen molar-refractivity contribution in [1.29, 1.82) is 0 Å². The van der Waals surface area contributed by atoms with Crippen LogP contribution in [0, 0.1) is 0 Å². The van der Waals surface area contributed by atoms with E-state index in [0.29, 0.717) is 17.1 Å². The molecule has 0 aliphatic rings. The summed E-state index contributed by atoms with van der Waals surface area (Å²) in [7, 11) is 1.53. The zero-order valence-corrected chi connectivity index (χ0v) is 16.1. The second-order valence-corrected chi connectivity index (χ2v) is 6.40. The van der Waals surface area contributed by atoms with E-state index in [1.807, 2.05) is 50.2 Å². The Kier molecular flexibility index (Phi) is 6.11. The first kappa shape index (κ1) is 19.2. The third-order valence-electron chi connectivity index (χ3n) is 3.87. The summed E-state index contributed by atoms with van der Waals surface area (Å²) in [5.74, 6) is 1.53. The smallest absolute Gasteiger partial charge is 0.260 e. The number of benzene rings is 2. The number of carbonyl (C=O) groups excluding carboxylic acids is 1. The number of hydrogen-bond acceptors (Lipinski definition) is 5. The number of para-hydroxylation sites is 1. The van der Waals surface area contributed by atoms with E-state index in [9.17, 15) is 4.79 Å². The van der Waals surface area contributed by atoms with E-state index in [2.05, 4.69) is 15.6 Å². The third kappa shape index (κ3) is 5.01. The zero-order valence-electron chi connectivity index (χ0n) is 16.1. The van der Waals surface area contributed by atoms with Crippen LogP contribution < -0.4 is 20.1 Å². The molecular weight excluding hydrogens is 354 g/mol. The Balaban J connectivity index is 1.62. The summed E-state index contributed by atoms with van der Waals surface area (Å²) in [6.45, 7) is 3.98. The molecule has 0 unspecified atom stereocenters. The van der Waals surface area contributed by atoms with Gasteiger partial charge in [0, 0.05) is 5.69 Å². The largest absolute Gasteiger partial charge is 0.496 e. The van der Waals surface area contributed by atoms with Crippen molar-refractivity contribution in [3.8, 4) is 11.5 Å². The molecule has 28 heavy (non-hydrogen) atoms. The predicted molar refractivity (Wildman–Crippen MR) is 111 cm³/mol. The van der Waals surface area contributed by atoms with Crippen molar-refractivity contribution in [2.24, 2.45) is 0 Å². The van der Waals surface area contributed by atoms with Crippen molar-refractivity contribution < 1.29 is 14.3 Å². The first-order valence-electron chi connectivity index (χ1n) is 8.99. The van der Waals surface area contributed by atoms with Crippen LogP contribution in [-0.4, -0.2) is 24.1 Å². The Bertz CT molecular complexity index is 923. The highest BCUT2D eigenvalue weighted by atomic mass is 16.5. The first-order chi connectivity index (χ1) is 13.5. The molecule has 0 atom stereocenters. The maximum Gasteiger partial charge on any atom is 0.260 e. The summed E-state index contributed by atoms with van der Waals surface area (Å²) in [6.07, 6.45) is 1.80. The molecular formula is C22H23N3O3. The number of carbonyl (C=O) groups is 1. The van der Waals surface area contributed by atoms with Gasteiger partial charge in [0.2, 0.25) is 0 Å². The number of nitrogens with zero attached hydrogens (tertiary/aromatic N) is 1. The van der Waals surface area contributed by atoms with Gasteiger partial charge in [0.15, 0.2) is 0 Å². The van der Waals surface area contributed by atoms with Crippen LogP contribution in [0.5, 0.6) is 11.5 Å². The van der Waals surface area contributed by atoms with Crippen molar-refractivity contribution >= 4 is 23.1 Å². The number of aromatic nitrogens is 1. The lowest BCUT2D eigenvalue weighted by atomic mass is 10.2. The minimum absolute atomic E-state index is 0.140. The van der Waals surface area contributed by atoms with E-state index in [1.54, 1.807) is 30.5 Å². The summed E-state index contributed by atoms with van der Waals surface area (Å²) in [5.41, 5.74) is 2.19. The number of methoxy groups -OCH3 is 1. The summed E-state index contributed by atoms with van der Waals surface area (Å²) < 4.78 is 10.9. The zero-order chi connectivity index (χ0) is 19.9. The van der Waals surface area contributed by atoms with Gasteiger partial charge in [-0.25, -0.2) is 4.98 Å². The minimum Gasteiger partial charge on any atom is -0.496 e. The van der Waals surface area contributed by atoms with Gasteiger partial charge < -0.3 is 20.1 Å². The Morgan fingerprint density at radius 3 is 2.32 bits per heavy atom. The summed E-state index contributed by atoms with van der Waals surface area (Å²) in [6, 6.07) is 18.4. The normalized spacial score (nSPS) is 10.4. The van der Waals surface area contributed by atoms with Crippen molar-refractivity contribution in [3.63, 3.8) is 0 Å². The number of pyridine rings is 1. The van der Waals surface area contributed by atoms with Crippen LogP contribution in [0.1, 0.15) is 24.2 Å². The summed E-state index contributed by atoms with van der Waals surface area (Å²) >= 11 is 0. The molecule has 6 nitrogen and oxygen atoms in total. The van der Waals surface area contributed by atoms with Crippen molar-refractivity contribution in [2.45, 2.75) is 20.0 Å². The van der Waals surface area contributed by atoms with E-state index in [-0.39, 0.29) is 12.0 Å². The van der Waals surface area contributed by atoms with E-state index >= 15 is 0 Å². The van der Waals surface area contributed by atoms with Gasteiger partial charge in [-0.3, -0.25) is 4.79 Å². The molecule has 0 bridgehead atoms. The highest BCUT2D eigenvalue weighted by Crippen LogP contribution is 2.22. The molecule has 0 fully saturated rings. The van der Waals surface area contributed by atoms with Crippen LogP contribution in [0.25, 0.3) is 0 Å². The fourth-order valence-electron chi connectivity index (χ4n) is 2.61. The number of hydrogen-bond donors (Lipinski definition) is 2. The Labute approximate surface area is 164 Å². The molecule has 2 N–H and O–H groups in total. The molecule has 0 saturated carbocycles. The first-order valence-corrected chi connectivity index (χ1v) is 8.99. The third-order valence-corrected chi connectivity index (χ3v) is 3.87. The molecule has 0 spiro atoms. The molecule has 144 valence electrons. The predicted octanol–water partition coefficient (Wildman–Crippen LogP) is 4.87. The van der Waals surface area contributed by atoms with Gasteiger partial charge in [-0.15, -0.1) is 0 Å². The monoisotopic (exact) mass is 377 g/mol. The SMILES string of the molecule is COc1ccccc1C(=O)Nc1ccc(Nc2ccc(OC(C)C)cc2)cn1. The quantitative estimate of drug-likeness (QED) is 0.614. The Morgan fingerprint density at radius 2 is 1.68 bits per heavy atom. The lowest BCUT2D eigenvalue weighted by Gasteiger charge is -2.11. The van der Waals surface area contributed by atoms with Crippen molar-refractivity contribution in [2.75, 3.05) is 17.7 Å². The number of amides is 1. The number of anilines is 3. The second-order valence-electron chi connectivity index (χ2n) is 6.40. The van der Waals surface area contributed by atoms with Gasteiger partial charge in [0.1, 0.15) is 17.3 Å². The molecule has 1 heterocycles. The van der Waals surface area contributed by atoms with Gasteiger partial charge in [-0.2, -0.15) is 0 Å². The average molecular weight is 377 g/mol. The van der Waals surface area contributed by atoms with Crippen LogP contribution in [0.3, 0.4) is 0 Å². The van der Waals surface area contributed by atoms with Crippen LogP contribution in [0.4, 0.5) is 17.2 Å². The van der Waals surface area contributed by atoms with Gasteiger partial charge >= 0.3 is 0 Å². The molecule has 0 saturated heterocycles. The number of ether oxygens (including phenoxy) is 2. The van der Waals surface area contributed by atoms with Gasteiger partial charge in [-0.1, -0.05) is 12.1 Å². The summed E-state index contributed by atoms with van der Waals surface area (Å²) in [5, 5.41) is 6.04. The van der Waals surface area contributed by atoms with E-state index in [4.69, 9.17) is 9.47 Å². The lowest BCUT2D eigenvalue weighted by molar-refractivity contribution is 0.102. The molecule has 0 aliphatic carbocycles. The van der Waals surface area contributed by atoms with Crippen molar-refractivity contribution in [3.05, 3.63) is 72.4 Å². The Morgan fingerprint density at radius 1 is 0.964 bits per heavy atom. The van der Waals surface area contributed by atoms with E-state index in [0.717, 1.165) is 17.1 Å². The number of nitrogens with one attached hydrogen (secondary N) is 2. The fraction of sp³-hybridized carbons (Fsp3) is 0.182. The second kappa shape index (κ2) is 8.90. The molecule has 0 radical (unpaired) electrons. The Hall–Kier alpha value is -3.54. The molecule has 6 heteroatoms. The topological polar surface area (TPSA) is 72.5 Å². The molecule has 3 rings (SSSR count). The van der Waals surface area contributed by atoms with Crippen LogP contribution >= 0.6 is 0 Å². The molecule has 1 amide bonds. The molecule has 0 aliphatic heterocycles. The highest BCUT2D eigenvalue weighted by Gasteiger charge is 2.12. The fourth-order valence-corrected chi connectivity index (χ4v) is 2.61. The molecule has 1 aromatic heterocycles. The number of rotatable bonds is 7. The van der Waals surface area contributed by atoms with Crippen LogP contribution in [0.2, 0.25) is 0 Å². The highest BCUT2D eigenvalue weighted by molar-refractivity contribution is 6.05. The van der Waals surface area contributed by atoms with Crippen LogP contribution in [-0.2, 0) is 0 Å².